The van der Waals surface area contributed by atoms with E-state index in [2.05, 4.69) is 5.32 Å². The number of benzene rings is 1. The molecule has 1 aromatic carbocycles. The Morgan fingerprint density at radius 3 is 2.32 bits per heavy atom. The molecule has 0 amide bonds. The molecule has 0 fully saturated rings. The number of aliphatic hydroxyl groups is 3. The number of nitrogens with one attached hydrogen (secondary N) is 1. The maximum atomic E-state index is 9.78. The van der Waals surface area contributed by atoms with Crippen LogP contribution < -0.4 is 5.32 Å². The molecule has 1 aromatic rings. The smallest absolute Gasteiger partial charge is 0.111 e. The number of aliphatic hydroxyl groups excluding tert-OH is 3. The Bertz CT molecular complexity index is 399. The summed E-state index contributed by atoms with van der Waals surface area (Å²) in [5.74, 6) is 0. The molecule has 5 heteroatoms. The summed E-state index contributed by atoms with van der Waals surface area (Å²) in [6.45, 7) is 0.707. The van der Waals surface area contributed by atoms with Crippen LogP contribution in [0.2, 0.25) is 0 Å². The Labute approximate surface area is 119 Å². The van der Waals surface area contributed by atoms with Crippen LogP contribution in [0.15, 0.2) is 42.5 Å². The summed E-state index contributed by atoms with van der Waals surface area (Å²) in [7, 11) is 0. The molecule has 2 rings (SSSR count). The minimum absolute atomic E-state index is 0. The Morgan fingerprint density at radius 1 is 0.947 bits per heavy atom. The molecule has 0 saturated carbocycles. The Hall–Kier alpha value is -0.910. The van der Waals surface area contributed by atoms with Gasteiger partial charge in [-0.2, -0.15) is 0 Å². The second kappa shape index (κ2) is 7.62. The predicted molar refractivity (Wildman–Crippen MR) is 76.3 cm³/mol. The molecule has 0 aliphatic heterocycles. The first-order chi connectivity index (χ1) is 8.68. The number of rotatable bonds is 4. The highest BCUT2D eigenvalue weighted by molar-refractivity contribution is 5.85. The largest absolute Gasteiger partial charge is 0.388 e. The van der Waals surface area contributed by atoms with E-state index in [0.717, 1.165) is 6.42 Å². The van der Waals surface area contributed by atoms with Crippen molar-refractivity contribution < 1.29 is 15.3 Å². The average molecular weight is 286 g/mol. The summed E-state index contributed by atoms with van der Waals surface area (Å²) >= 11 is 0. The van der Waals surface area contributed by atoms with Gasteiger partial charge in [-0.25, -0.2) is 0 Å². The third-order valence-corrected chi connectivity index (χ3v) is 3.22. The first-order valence-electron chi connectivity index (χ1n) is 6.18. The highest BCUT2D eigenvalue weighted by atomic mass is 35.5. The quantitative estimate of drug-likeness (QED) is 0.599. The zero-order chi connectivity index (χ0) is 13.0. The predicted octanol–water partition coefficient (Wildman–Crippen LogP) is 0.262. The molecule has 0 unspecified atom stereocenters. The monoisotopic (exact) mass is 285 g/mol. The van der Waals surface area contributed by atoms with Crippen LogP contribution in [0, 0.1) is 0 Å². The highest BCUT2D eigenvalue weighted by Gasteiger charge is 2.32. The fourth-order valence-corrected chi connectivity index (χ4v) is 2.09. The van der Waals surface area contributed by atoms with Gasteiger partial charge in [0.1, 0.15) is 18.3 Å². The zero-order valence-electron chi connectivity index (χ0n) is 10.5. The first kappa shape index (κ1) is 16.1. The van der Waals surface area contributed by atoms with Crippen molar-refractivity contribution in [3.8, 4) is 0 Å². The lowest BCUT2D eigenvalue weighted by molar-refractivity contribution is -0.0564. The third kappa shape index (κ3) is 4.30. The summed E-state index contributed by atoms with van der Waals surface area (Å²) in [5, 5.41) is 31.8. The molecule has 0 heterocycles. The number of hydrogen-bond acceptors (Lipinski definition) is 4. The van der Waals surface area contributed by atoms with Crippen LogP contribution in [0.25, 0.3) is 0 Å². The van der Waals surface area contributed by atoms with E-state index in [4.69, 9.17) is 0 Å². The lowest BCUT2D eigenvalue weighted by atomic mass is 9.94. The summed E-state index contributed by atoms with van der Waals surface area (Å²) in [4.78, 5) is 0. The van der Waals surface area contributed by atoms with Gasteiger partial charge in [-0.1, -0.05) is 42.5 Å². The Kier molecular flexibility index (Phi) is 6.48. The second-order valence-corrected chi connectivity index (χ2v) is 4.57. The highest BCUT2D eigenvalue weighted by Crippen LogP contribution is 2.13. The van der Waals surface area contributed by atoms with Crippen molar-refractivity contribution in [1.29, 1.82) is 0 Å². The average Bonchev–Trinajstić information content (AvgIpc) is 2.40. The fourth-order valence-electron chi connectivity index (χ4n) is 2.09. The molecule has 0 spiro atoms. The van der Waals surface area contributed by atoms with E-state index in [-0.39, 0.29) is 18.4 Å². The molecule has 4 atom stereocenters. The van der Waals surface area contributed by atoms with E-state index < -0.39 is 18.3 Å². The lowest BCUT2D eigenvalue weighted by Crippen LogP contribution is -2.52. The van der Waals surface area contributed by atoms with E-state index in [1.807, 2.05) is 30.3 Å². The molecule has 0 aromatic heterocycles. The lowest BCUT2D eigenvalue weighted by Gasteiger charge is -2.31. The van der Waals surface area contributed by atoms with Crippen molar-refractivity contribution in [2.24, 2.45) is 0 Å². The standard InChI is InChI=1S/C14H19NO3.ClH/c16-12-7-6-11(13(17)14(12)18)15-9-8-10-4-2-1-3-5-10;/h1-7,11-18H,8-9H2;1H/t11-,12+,13+,14+;/m1./s1. The van der Waals surface area contributed by atoms with Gasteiger partial charge in [-0.3, -0.25) is 0 Å². The first-order valence-corrected chi connectivity index (χ1v) is 6.18. The molecule has 106 valence electrons. The fraction of sp³-hybridized carbons (Fsp3) is 0.429. The van der Waals surface area contributed by atoms with Gasteiger partial charge in [-0.05, 0) is 18.5 Å². The molecule has 0 saturated heterocycles. The SMILES string of the molecule is Cl.O[C@@H]1[C@@H](O)[C@H](NCCc2ccccc2)C=C[C@@H]1O. The van der Waals surface area contributed by atoms with Crippen molar-refractivity contribution in [2.75, 3.05) is 6.54 Å². The number of hydrogen-bond donors (Lipinski definition) is 4. The van der Waals surface area contributed by atoms with Gasteiger partial charge in [0.25, 0.3) is 0 Å². The van der Waals surface area contributed by atoms with Crippen molar-refractivity contribution in [3.63, 3.8) is 0 Å². The van der Waals surface area contributed by atoms with Crippen molar-refractivity contribution in [3.05, 3.63) is 48.0 Å². The van der Waals surface area contributed by atoms with Crippen LogP contribution in [0.4, 0.5) is 0 Å². The van der Waals surface area contributed by atoms with Crippen LogP contribution in [-0.2, 0) is 6.42 Å². The van der Waals surface area contributed by atoms with Gasteiger partial charge >= 0.3 is 0 Å². The molecule has 19 heavy (non-hydrogen) atoms. The maximum Gasteiger partial charge on any atom is 0.111 e. The van der Waals surface area contributed by atoms with Gasteiger partial charge in [0.15, 0.2) is 0 Å². The third-order valence-electron chi connectivity index (χ3n) is 3.22. The molecule has 1 aliphatic carbocycles. The zero-order valence-corrected chi connectivity index (χ0v) is 11.3. The van der Waals surface area contributed by atoms with E-state index in [1.165, 1.54) is 11.6 Å². The van der Waals surface area contributed by atoms with Crippen LogP contribution in [-0.4, -0.2) is 46.2 Å². The van der Waals surface area contributed by atoms with E-state index in [1.54, 1.807) is 6.08 Å². The molecular formula is C14H20ClNO3. The van der Waals surface area contributed by atoms with E-state index in [0.29, 0.717) is 6.54 Å². The van der Waals surface area contributed by atoms with Crippen molar-refractivity contribution in [2.45, 2.75) is 30.8 Å². The van der Waals surface area contributed by atoms with Gasteiger partial charge in [-0.15, -0.1) is 12.4 Å². The van der Waals surface area contributed by atoms with Crippen molar-refractivity contribution >= 4 is 12.4 Å². The molecule has 0 radical (unpaired) electrons. The molecule has 4 N–H and O–H groups in total. The van der Waals surface area contributed by atoms with Gasteiger partial charge < -0.3 is 20.6 Å². The van der Waals surface area contributed by atoms with Gasteiger partial charge in [0, 0.05) is 0 Å². The number of halogens is 1. The van der Waals surface area contributed by atoms with E-state index >= 15 is 0 Å². The molecule has 4 nitrogen and oxygen atoms in total. The summed E-state index contributed by atoms with van der Waals surface area (Å²) in [5.41, 5.74) is 1.22. The van der Waals surface area contributed by atoms with Crippen LogP contribution in [0.5, 0.6) is 0 Å². The molecular weight excluding hydrogens is 266 g/mol. The second-order valence-electron chi connectivity index (χ2n) is 4.57. The van der Waals surface area contributed by atoms with Gasteiger partial charge in [0.05, 0.1) is 6.04 Å². The van der Waals surface area contributed by atoms with Crippen LogP contribution in [0.3, 0.4) is 0 Å². The molecule has 1 aliphatic rings. The Morgan fingerprint density at radius 2 is 1.63 bits per heavy atom. The summed E-state index contributed by atoms with van der Waals surface area (Å²) in [6.07, 6.45) is 0.999. The summed E-state index contributed by atoms with van der Waals surface area (Å²) in [6, 6.07) is 9.74. The maximum absolute atomic E-state index is 9.78. The van der Waals surface area contributed by atoms with Crippen molar-refractivity contribution in [1.82, 2.24) is 5.32 Å². The molecule has 0 bridgehead atoms. The minimum atomic E-state index is -1.12. The summed E-state index contributed by atoms with van der Waals surface area (Å²) < 4.78 is 0. The van der Waals surface area contributed by atoms with Crippen LogP contribution >= 0.6 is 12.4 Å². The van der Waals surface area contributed by atoms with Crippen LogP contribution in [0.1, 0.15) is 5.56 Å². The minimum Gasteiger partial charge on any atom is -0.388 e. The normalized spacial score (nSPS) is 29.8. The van der Waals surface area contributed by atoms with Gasteiger partial charge in [0.2, 0.25) is 0 Å². The van der Waals surface area contributed by atoms with E-state index in [9.17, 15) is 15.3 Å². The Balaban J connectivity index is 0.00000180. The topological polar surface area (TPSA) is 72.7 Å².